The highest BCUT2D eigenvalue weighted by atomic mass is 31.2. The van der Waals surface area contributed by atoms with Crippen molar-refractivity contribution in [1.82, 2.24) is 0 Å². The zero-order valence-corrected chi connectivity index (χ0v) is 13.4. The second-order valence-electron chi connectivity index (χ2n) is 5.23. The van der Waals surface area contributed by atoms with Gasteiger partial charge in [0.05, 0.1) is 0 Å². The van der Waals surface area contributed by atoms with Crippen molar-refractivity contribution in [3.63, 3.8) is 0 Å². The van der Waals surface area contributed by atoms with Crippen LogP contribution in [0.25, 0.3) is 0 Å². The van der Waals surface area contributed by atoms with Gasteiger partial charge in [-0.25, -0.2) is 4.57 Å². The number of hydroxylamine groups is 1. The first-order valence-corrected chi connectivity index (χ1v) is 8.66. The molecule has 0 saturated heterocycles. The molecule has 1 unspecified atom stereocenters. The van der Waals surface area contributed by atoms with Gasteiger partial charge < -0.3 is 14.3 Å². The molecular weight excluding hydrogens is 313 g/mol. The second-order valence-corrected chi connectivity index (χ2v) is 7.50. The highest BCUT2D eigenvalue weighted by Gasteiger charge is 2.58. The molecule has 1 aliphatic heterocycles. The Labute approximate surface area is 134 Å². The van der Waals surface area contributed by atoms with Crippen molar-refractivity contribution in [3.8, 4) is 11.5 Å². The molecule has 0 spiro atoms. The molecule has 0 aliphatic carbocycles. The summed E-state index contributed by atoms with van der Waals surface area (Å²) in [7, 11) is -3.88. The van der Waals surface area contributed by atoms with Crippen LogP contribution >= 0.6 is 7.60 Å². The zero-order chi connectivity index (χ0) is 16.3. The number of allylic oxidation sites excluding steroid dienone is 1. The van der Waals surface area contributed by atoms with Crippen molar-refractivity contribution < 1.29 is 18.4 Å². The van der Waals surface area contributed by atoms with Gasteiger partial charge in [-0.05, 0) is 24.3 Å². The summed E-state index contributed by atoms with van der Waals surface area (Å²) in [6, 6.07) is 17.4. The van der Waals surface area contributed by atoms with Crippen molar-refractivity contribution in [1.29, 1.82) is 0 Å². The first-order chi connectivity index (χ1) is 11.0. The fraction of sp³-hybridized carbons (Fsp3) is 0.118. The molecule has 23 heavy (non-hydrogen) atoms. The fourth-order valence-electron chi connectivity index (χ4n) is 2.18. The van der Waals surface area contributed by atoms with Crippen LogP contribution in [0.2, 0.25) is 0 Å². The summed E-state index contributed by atoms with van der Waals surface area (Å²) < 4.78 is 25.5. The van der Waals surface area contributed by atoms with Crippen molar-refractivity contribution >= 4 is 13.8 Å². The Morgan fingerprint density at radius 2 is 1.43 bits per heavy atom. The van der Waals surface area contributed by atoms with E-state index in [2.05, 4.69) is 0 Å². The van der Waals surface area contributed by atoms with Gasteiger partial charge in [0.25, 0.3) is 0 Å². The highest BCUT2D eigenvalue weighted by molar-refractivity contribution is 7.56. The Balaban J connectivity index is 2.01. The average molecular weight is 329 g/mol. The van der Waals surface area contributed by atoms with Gasteiger partial charge in [0, 0.05) is 19.1 Å². The lowest BCUT2D eigenvalue weighted by atomic mass is 10.3. The van der Waals surface area contributed by atoms with Crippen LogP contribution in [0.3, 0.4) is 0 Å². The molecule has 0 bridgehead atoms. The largest absolute Gasteiger partial charge is 0.623 e. The Kier molecular flexibility index (Phi) is 3.97. The van der Waals surface area contributed by atoms with Gasteiger partial charge in [-0.1, -0.05) is 36.4 Å². The van der Waals surface area contributed by atoms with Gasteiger partial charge >= 0.3 is 12.9 Å². The van der Waals surface area contributed by atoms with E-state index in [9.17, 15) is 9.77 Å². The van der Waals surface area contributed by atoms with Gasteiger partial charge in [0.1, 0.15) is 11.5 Å². The number of benzene rings is 2. The van der Waals surface area contributed by atoms with E-state index in [1.807, 2.05) is 12.1 Å². The standard InChI is InChI=1S/C17H16NO4P/c1-17(13-8-14-18(17)19)23(20,21-15-9-4-2-5-10-15)22-16-11-6-3-7-12-16/h2-14H,1H3. The molecule has 0 amide bonds. The molecule has 2 aromatic rings. The highest BCUT2D eigenvalue weighted by Crippen LogP contribution is 2.60. The topological polar surface area (TPSA) is 61.6 Å². The quantitative estimate of drug-likeness (QED) is 0.468. The minimum Gasteiger partial charge on any atom is -0.623 e. The molecule has 0 radical (unpaired) electrons. The van der Waals surface area contributed by atoms with Crippen LogP contribution in [0.15, 0.2) is 72.8 Å². The maximum Gasteiger partial charge on any atom is 0.506 e. The average Bonchev–Trinajstić information content (AvgIpc) is 2.90. The van der Waals surface area contributed by atoms with Crippen LogP contribution in [-0.4, -0.2) is 16.2 Å². The summed E-state index contributed by atoms with van der Waals surface area (Å²) in [4.78, 5) is 0. The van der Waals surface area contributed by atoms with E-state index in [-0.39, 0.29) is 0 Å². The van der Waals surface area contributed by atoms with Crippen LogP contribution in [-0.2, 0) is 4.57 Å². The van der Waals surface area contributed by atoms with E-state index in [1.54, 1.807) is 54.6 Å². The molecule has 3 rings (SSSR count). The first-order valence-electron chi connectivity index (χ1n) is 7.12. The molecule has 118 valence electrons. The van der Waals surface area contributed by atoms with Crippen LogP contribution < -0.4 is 9.05 Å². The molecule has 6 heteroatoms. The SMILES string of the molecule is CC1(P(=O)(Oc2ccccc2)Oc2ccccc2)C=CC=[N+]1[O-]. The minimum absolute atomic E-state index is 0.377. The predicted octanol–water partition coefficient (Wildman–Crippen LogP) is 4.20. The van der Waals surface area contributed by atoms with Crippen LogP contribution in [0.5, 0.6) is 11.5 Å². The third kappa shape index (κ3) is 2.88. The lowest BCUT2D eigenvalue weighted by molar-refractivity contribution is -0.495. The molecule has 1 heterocycles. The second kappa shape index (κ2) is 5.94. The van der Waals surface area contributed by atoms with Crippen LogP contribution in [0.4, 0.5) is 0 Å². The predicted molar refractivity (Wildman–Crippen MR) is 89.0 cm³/mol. The third-order valence-electron chi connectivity index (χ3n) is 3.57. The molecule has 0 aromatic heterocycles. The fourth-order valence-corrected chi connectivity index (χ4v) is 3.97. The van der Waals surface area contributed by atoms with E-state index >= 15 is 0 Å². The normalized spacial score (nSPS) is 20.1. The smallest absolute Gasteiger partial charge is 0.506 e. The van der Waals surface area contributed by atoms with Gasteiger partial charge in [-0.15, -0.1) is 0 Å². The van der Waals surface area contributed by atoms with Crippen LogP contribution in [0, 0.1) is 5.21 Å². The maximum atomic E-state index is 13.5. The Morgan fingerprint density at radius 1 is 0.957 bits per heavy atom. The van der Waals surface area contributed by atoms with E-state index in [4.69, 9.17) is 9.05 Å². The number of hydrogen-bond donors (Lipinski definition) is 0. The van der Waals surface area contributed by atoms with Crippen molar-refractivity contribution in [2.45, 2.75) is 12.2 Å². The molecule has 0 N–H and O–H groups in total. The van der Waals surface area contributed by atoms with Crippen molar-refractivity contribution in [2.75, 3.05) is 0 Å². The van der Waals surface area contributed by atoms with E-state index in [1.165, 1.54) is 19.2 Å². The Hall–Kier alpha value is -2.52. The molecule has 2 aromatic carbocycles. The maximum absolute atomic E-state index is 13.5. The summed E-state index contributed by atoms with van der Waals surface area (Å²) in [6.07, 6.45) is 4.38. The van der Waals surface area contributed by atoms with Crippen LogP contribution in [0.1, 0.15) is 6.92 Å². The molecule has 1 atom stereocenters. The molecular formula is C17H16NO4P. The number of para-hydroxylation sites is 2. The summed E-state index contributed by atoms with van der Waals surface area (Å²) in [6.45, 7) is 1.53. The monoisotopic (exact) mass is 329 g/mol. The van der Waals surface area contributed by atoms with Crippen molar-refractivity contribution in [3.05, 3.63) is 78.0 Å². The Morgan fingerprint density at radius 3 is 1.83 bits per heavy atom. The number of nitrogens with zero attached hydrogens (tertiary/aromatic N) is 1. The molecule has 1 aliphatic rings. The first kappa shape index (κ1) is 15.4. The molecule has 5 nitrogen and oxygen atoms in total. The lowest BCUT2D eigenvalue weighted by Gasteiger charge is -2.30. The van der Waals surface area contributed by atoms with E-state index < -0.39 is 12.9 Å². The number of hydrogen-bond acceptors (Lipinski definition) is 4. The third-order valence-corrected chi connectivity index (χ3v) is 5.93. The lowest BCUT2D eigenvalue weighted by Crippen LogP contribution is -2.35. The Bertz CT molecular complexity index is 743. The van der Waals surface area contributed by atoms with Gasteiger partial charge in [0.15, 0.2) is 6.21 Å². The van der Waals surface area contributed by atoms with Gasteiger partial charge in [-0.2, -0.15) is 4.74 Å². The van der Waals surface area contributed by atoms with E-state index in [0.29, 0.717) is 16.2 Å². The summed E-state index contributed by atoms with van der Waals surface area (Å²) in [5.74, 6) is 0.753. The van der Waals surface area contributed by atoms with E-state index in [0.717, 1.165) is 0 Å². The van der Waals surface area contributed by atoms with Gasteiger partial charge in [-0.3, -0.25) is 0 Å². The zero-order valence-electron chi connectivity index (χ0n) is 12.5. The molecule has 0 saturated carbocycles. The summed E-state index contributed by atoms with van der Waals surface area (Å²) in [5.41, 5.74) is 0. The molecule has 0 fully saturated rings. The minimum atomic E-state index is -3.88. The summed E-state index contributed by atoms with van der Waals surface area (Å²) in [5, 5.41) is 10.8. The van der Waals surface area contributed by atoms with Crippen molar-refractivity contribution in [2.24, 2.45) is 0 Å². The van der Waals surface area contributed by atoms with Gasteiger partial charge in [0.2, 0.25) is 0 Å². The summed E-state index contributed by atoms with van der Waals surface area (Å²) >= 11 is 0. The number of rotatable bonds is 5.